The first-order valence-electron chi connectivity index (χ1n) is 8.50. The van der Waals surface area contributed by atoms with Crippen LogP contribution in [0, 0.1) is 11.8 Å². The zero-order valence-corrected chi connectivity index (χ0v) is 14.5. The van der Waals surface area contributed by atoms with Gasteiger partial charge in [-0.1, -0.05) is 35.5 Å². The number of rotatable bonds is 6. The molecular formula is C19H24NO4-. The lowest BCUT2D eigenvalue weighted by atomic mass is 9.77. The molecule has 3 aliphatic rings. The first-order valence-corrected chi connectivity index (χ1v) is 8.50. The molecule has 0 aromatic rings. The zero-order valence-electron chi connectivity index (χ0n) is 14.5. The largest absolute Gasteiger partial charge is 0.550 e. The van der Waals surface area contributed by atoms with Crippen LogP contribution < -0.4 is 5.11 Å². The molecule has 3 rings (SSSR count). The number of fused-ring (bicyclic) bond motifs is 1. The van der Waals surface area contributed by atoms with E-state index in [1.54, 1.807) is 11.0 Å². The number of ether oxygens (including phenoxy) is 1. The number of carbonyl (C=O) groups is 2. The van der Waals surface area contributed by atoms with E-state index in [1.165, 1.54) is 11.1 Å². The maximum atomic E-state index is 12.7. The first-order chi connectivity index (χ1) is 11.3. The molecule has 5 nitrogen and oxygen atoms in total. The fourth-order valence-corrected chi connectivity index (χ4v) is 3.96. The van der Waals surface area contributed by atoms with Crippen LogP contribution in [0.2, 0.25) is 0 Å². The Morgan fingerprint density at radius 1 is 1.42 bits per heavy atom. The summed E-state index contributed by atoms with van der Waals surface area (Å²) in [4.78, 5) is 25.8. The predicted octanol–water partition coefficient (Wildman–Crippen LogP) is 1.21. The summed E-state index contributed by atoms with van der Waals surface area (Å²) in [7, 11) is 0. The summed E-state index contributed by atoms with van der Waals surface area (Å²) in [6, 6.07) is 0. The van der Waals surface area contributed by atoms with E-state index in [4.69, 9.17) is 4.74 Å². The number of carboxylic acids is 1. The van der Waals surface area contributed by atoms with Crippen LogP contribution in [0.1, 0.15) is 33.6 Å². The molecule has 3 heterocycles. The van der Waals surface area contributed by atoms with Crippen molar-refractivity contribution in [1.29, 1.82) is 0 Å². The predicted molar refractivity (Wildman–Crippen MR) is 87.7 cm³/mol. The second-order valence-electron chi connectivity index (χ2n) is 7.31. The Bertz CT molecular complexity index is 644. The van der Waals surface area contributed by atoms with Gasteiger partial charge in [0.25, 0.3) is 0 Å². The Morgan fingerprint density at radius 3 is 2.83 bits per heavy atom. The minimum absolute atomic E-state index is 0.135. The third kappa shape index (κ3) is 2.81. The average Bonchev–Trinajstić information content (AvgIpc) is 3.13. The van der Waals surface area contributed by atoms with Gasteiger partial charge in [-0.05, 0) is 33.6 Å². The van der Waals surface area contributed by atoms with Crippen LogP contribution in [0.25, 0.3) is 0 Å². The maximum absolute atomic E-state index is 12.7. The van der Waals surface area contributed by atoms with Gasteiger partial charge in [0.15, 0.2) is 0 Å². The Balaban J connectivity index is 1.66. The van der Waals surface area contributed by atoms with E-state index in [1.807, 2.05) is 6.08 Å². The Hall–Kier alpha value is -1.88. The van der Waals surface area contributed by atoms with Crippen molar-refractivity contribution in [1.82, 2.24) is 4.90 Å². The van der Waals surface area contributed by atoms with Crippen molar-refractivity contribution in [3.63, 3.8) is 0 Å². The van der Waals surface area contributed by atoms with E-state index in [0.717, 1.165) is 12.8 Å². The molecular weight excluding hydrogens is 306 g/mol. The summed E-state index contributed by atoms with van der Waals surface area (Å²) in [6.45, 7) is 7.14. The maximum Gasteiger partial charge on any atom is 0.230 e. The highest BCUT2D eigenvalue weighted by Crippen LogP contribution is 2.51. The van der Waals surface area contributed by atoms with Gasteiger partial charge in [-0.2, -0.15) is 0 Å². The van der Waals surface area contributed by atoms with Gasteiger partial charge in [0, 0.05) is 18.4 Å². The number of carbonyl (C=O) groups excluding carboxylic acids is 2. The quantitative estimate of drug-likeness (QED) is 0.687. The monoisotopic (exact) mass is 330 g/mol. The molecule has 0 saturated carbocycles. The molecule has 2 bridgehead atoms. The molecule has 24 heavy (non-hydrogen) atoms. The summed E-state index contributed by atoms with van der Waals surface area (Å²) in [5.74, 6) is -2.84. The van der Waals surface area contributed by atoms with Gasteiger partial charge in [-0.15, -0.1) is 0 Å². The van der Waals surface area contributed by atoms with Crippen molar-refractivity contribution in [2.45, 2.75) is 45.3 Å². The van der Waals surface area contributed by atoms with Crippen LogP contribution in [0.5, 0.6) is 0 Å². The van der Waals surface area contributed by atoms with Crippen LogP contribution in [-0.2, 0) is 14.3 Å². The Kier molecular flexibility index (Phi) is 4.38. The topological polar surface area (TPSA) is 69.7 Å². The number of nitrogens with zero attached hydrogens (tertiary/aromatic N) is 1. The summed E-state index contributed by atoms with van der Waals surface area (Å²) >= 11 is 0. The normalized spacial score (nSPS) is 34.0. The summed E-state index contributed by atoms with van der Waals surface area (Å²) in [5, 5.41) is 11.4. The van der Waals surface area contributed by atoms with Crippen LogP contribution in [0.4, 0.5) is 0 Å². The highest BCUT2D eigenvalue weighted by Gasteiger charge is 2.65. The number of likely N-dealkylation sites (tertiary alicyclic amines) is 1. The van der Waals surface area contributed by atoms with Crippen LogP contribution in [-0.4, -0.2) is 41.6 Å². The second kappa shape index (κ2) is 6.20. The molecule has 2 saturated heterocycles. The molecule has 0 aromatic heterocycles. The number of hydrogen-bond acceptors (Lipinski definition) is 4. The number of aliphatic carboxylic acids is 1. The SMILES string of the molecule is CC(C)=CCC/C(C)=C/CN1C[C@@]23C=C[C@H](O2)[C@H](C(=O)[O-])[C@@H]3C1=O. The van der Waals surface area contributed by atoms with E-state index in [0.29, 0.717) is 13.1 Å². The van der Waals surface area contributed by atoms with Crippen molar-refractivity contribution < 1.29 is 19.4 Å². The molecule has 4 atom stereocenters. The standard InChI is InChI=1S/C19H25NO4/c1-12(2)5-4-6-13(3)8-10-20-11-19-9-7-14(24-19)15(18(22)23)16(19)17(20)21/h5,7-9,14-16H,4,6,10-11H2,1-3H3,(H,22,23)/p-1/b13-8+/t14-,15-,16+,19+/m0/s1. The second-order valence-corrected chi connectivity index (χ2v) is 7.31. The van der Waals surface area contributed by atoms with Crippen LogP contribution in [0.3, 0.4) is 0 Å². The van der Waals surface area contributed by atoms with Crippen molar-refractivity contribution in [3.05, 3.63) is 35.5 Å². The number of carboxylic acid groups (broad SMARTS) is 1. The van der Waals surface area contributed by atoms with Crippen LogP contribution in [0.15, 0.2) is 35.5 Å². The average molecular weight is 330 g/mol. The first kappa shape index (κ1) is 17.0. The van der Waals surface area contributed by atoms with E-state index in [-0.39, 0.29) is 5.91 Å². The molecule has 0 N–H and O–H groups in total. The molecule has 0 unspecified atom stereocenters. The lowest BCUT2D eigenvalue weighted by molar-refractivity contribution is -0.313. The molecule has 1 amide bonds. The van der Waals surface area contributed by atoms with Crippen molar-refractivity contribution >= 4 is 11.9 Å². The molecule has 0 aliphatic carbocycles. The van der Waals surface area contributed by atoms with E-state index in [9.17, 15) is 14.7 Å². The smallest absolute Gasteiger partial charge is 0.230 e. The fraction of sp³-hybridized carbons (Fsp3) is 0.579. The van der Waals surface area contributed by atoms with Crippen molar-refractivity contribution in [2.75, 3.05) is 13.1 Å². The third-order valence-electron chi connectivity index (χ3n) is 5.20. The molecule has 0 radical (unpaired) electrons. The highest BCUT2D eigenvalue weighted by molar-refractivity contribution is 5.90. The number of allylic oxidation sites excluding steroid dienone is 3. The van der Waals surface area contributed by atoms with E-state index >= 15 is 0 Å². The highest BCUT2D eigenvalue weighted by atomic mass is 16.5. The fourth-order valence-electron chi connectivity index (χ4n) is 3.96. The van der Waals surface area contributed by atoms with Gasteiger partial charge in [0.2, 0.25) is 5.91 Å². The van der Waals surface area contributed by atoms with Gasteiger partial charge in [0.1, 0.15) is 5.60 Å². The molecule has 2 fully saturated rings. The van der Waals surface area contributed by atoms with Gasteiger partial charge < -0.3 is 19.5 Å². The summed E-state index contributed by atoms with van der Waals surface area (Å²) in [5.41, 5.74) is 1.76. The Morgan fingerprint density at radius 2 is 2.17 bits per heavy atom. The molecule has 0 aromatic carbocycles. The third-order valence-corrected chi connectivity index (χ3v) is 5.20. The van der Waals surface area contributed by atoms with Crippen molar-refractivity contribution in [3.8, 4) is 0 Å². The lowest BCUT2D eigenvalue weighted by Gasteiger charge is -2.24. The van der Waals surface area contributed by atoms with Gasteiger partial charge in [-0.3, -0.25) is 4.79 Å². The molecule has 130 valence electrons. The summed E-state index contributed by atoms with van der Waals surface area (Å²) < 4.78 is 5.83. The molecule has 1 spiro atoms. The minimum atomic E-state index is -1.19. The van der Waals surface area contributed by atoms with Gasteiger partial charge >= 0.3 is 0 Å². The van der Waals surface area contributed by atoms with E-state index in [2.05, 4.69) is 32.9 Å². The minimum Gasteiger partial charge on any atom is -0.550 e. The van der Waals surface area contributed by atoms with Crippen LogP contribution >= 0.6 is 0 Å². The molecule has 3 aliphatic heterocycles. The number of hydrogen-bond donors (Lipinski definition) is 0. The van der Waals surface area contributed by atoms with Crippen molar-refractivity contribution in [2.24, 2.45) is 11.8 Å². The summed E-state index contributed by atoms with van der Waals surface area (Å²) in [6.07, 6.45) is 9.31. The van der Waals surface area contributed by atoms with Gasteiger partial charge in [0.05, 0.1) is 18.6 Å². The Labute approximate surface area is 142 Å². The zero-order chi connectivity index (χ0) is 17.5. The molecule has 5 heteroatoms. The lowest BCUT2D eigenvalue weighted by Crippen LogP contribution is -2.45. The van der Waals surface area contributed by atoms with E-state index < -0.39 is 29.5 Å². The van der Waals surface area contributed by atoms with Gasteiger partial charge in [-0.25, -0.2) is 0 Å². The number of amides is 1.